The van der Waals surface area contributed by atoms with Crippen LogP contribution in [-0.2, 0) is 14.3 Å². The van der Waals surface area contributed by atoms with Crippen molar-refractivity contribution in [3.05, 3.63) is 48.4 Å². The van der Waals surface area contributed by atoms with E-state index >= 15 is 0 Å². The summed E-state index contributed by atoms with van der Waals surface area (Å²) in [6.45, 7) is 6.58. The van der Waals surface area contributed by atoms with Crippen LogP contribution in [0.25, 0.3) is 10.9 Å². The predicted molar refractivity (Wildman–Crippen MR) is 164 cm³/mol. The van der Waals surface area contributed by atoms with E-state index in [2.05, 4.69) is 44.2 Å². The van der Waals surface area contributed by atoms with Crippen LogP contribution in [0, 0.1) is 0 Å². The third kappa shape index (κ3) is 6.78. The molecule has 1 unspecified atom stereocenters. The lowest BCUT2D eigenvalue weighted by Crippen LogP contribution is -2.39. The van der Waals surface area contributed by atoms with Crippen LogP contribution in [-0.4, -0.2) is 103 Å². The van der Waals surface area contributed by atoms with Crippen molar-refractivity contribution < 1.29 is 19.1 Å². The van der Waals surface area contributed by atoms with Crippen molar-refractivity contribution in [1.29, 1.82) is 0 Å². The van der Waals surface area contributed by atoms with Gasteiger partial charge in [0.2, 0.25) is 11.8 Å². The van der Waals surface area contributed by atoms with E-state index in [1.165, 1.54) is 0 Å². The number of likely N-dealkylation sites (tertiary alicyclic amines) is 1. The number of aromatic nitrogens is 3. The molecular formula is C32H43N7O4. The van der Waals surface area contributed by atoms with Gasteiger partial charge in [-0.05, 0) is 49.9 Å². The summed E-state index contributed by atoms with van der Waals surface area (Å²) in [6, 6.07) is 10.4. The molecule has 1 atom stereocenters. The molecular weight excluding hydrogens is 546 g/mol. The third-order valence-electron chi connectivity index (χ3n) is 9.01. The van der Waals surface area contributed by atoms with Gasteiger partial charge in [-0.3, -0.25) is 24.2 Å². The van der Waals surface area contributed by atoms with E-state index < -0.39 is 0 Å². The molecule has 0 radical (unpaired) electrons. The molecule has 3 saturated heterocycles. The maximum absolute atomic E-state index is 13.3. The average molecular weight is 590 g/mol. The van der Waals surface area contributed by atoms with Crippen molar-refractivity contribution in [2.75, 3.05) is 71.0 Å². The molecule has 230 valence electrons. The maximum atomic E-state index is 13.3. The van der Waals surface area contributed by atoms with Gasteiger partial charge >= 0.3 is 0 Å². The molecule has 3 aromatic rings. The van der Waals surface area contributed by atoms with Crippen molar-refractivity contribution in [1.82, 2.24) is 29.9 Å². The molecule has 0 saturated carbocycles. The maximum Gasteiger partial charge on any atom is 0.222 e. The molecule has 3 aliphatic heterocycles. The van der Waals surface area contributed by atoms with Crippen LogP contribution < -0.4 is 15.0 Å². The Morgan fingerprint density at radius 1 is 1.09 bits per heavy atom. The number of anilines is 1. The molecule has 0 aliphatic carbocycles. The number of ether oxygens (including phenoxy) is 2. The quantitative estimate of drug-likeness (QED) is 0.385. The van der Waals surface area contributed by atoms with Crippen LogP contribution in [0.2, 0.25) is 0 Å². The van der Waals surface area contributed by atoms with Gasteiger partial charge in [-0.15, -0.1) is 0 Å². The standard InChI is InChI=1S/C32H43N7O4/c1-42-28-8-7-24-5-2-12-34-31(24)32(28)38-16-4-15-36(19-20-38)27(23-29(40)33-13-18-37-14-3-6-30(37)41)26-9-17-39(35-26)25-10-21-43-22-11-25/h2,5,7-9,12,17,25,27H,3-4,6,10-11,13-16,18-23H2,1H3,(H,33,40). The first-order valence-corrected chi connectivity index (χ1v) is 15.7. The van der Waals surface area contributed by atoms with Gasteiger partial charge in [-0.1, -0.05) is 6.07 Å². The second-order valence-corrected chi connectivity index (χ2v) is 11.7. The summed E-state index contributed by atoms with van der Waals surface area (Å²) in [7, 11) is 1.71. The van der Waals surface area contributed by atoms with Crippen LogP contribution in [0.3, 0.4) is 0 Å². The lowest BCUT2D eigenvalue weighted by molar-refractivity contribution is -0.128. The Kier molecular flexibility index (Phi) is 9.38. The largest absolute Gasteiger partial charge is 0.494 e. The number of nitrogens with one attached hydrogen (secondary N) is 1. The third-order valence-corrected chi connectivity index (χ3v) is 9.01. The fraction of sp³-hybridized carbons (Fsp3) is 0.562. The highest BCUT2D eigenvalue weighted by Crippen LogP contribution is 2.36. The zero-order valence-corrected chi connectivity index (χ0v) is 25.1. The van der Waals surface area contributed by atoms with E-state index in [-0.39, 0.29) is 17.9 Å². The fourth-order valence-electron chi connectivity index (χ4n) is 6.68. The second-order valence-electron chi connectivity index (χ2n) is 11.7. The zero-order valence-electron chi connectivity index (χ0n) is 25.1. The number of carbonyl (C=O) groups excluding carboxylic acids is 2. The smallest absolute Gasteiger partial charge is 0.222 e. The number of nitrogens with zero attached hydrogens (tertiary/aromatic N) is 6. The first-order chi connectivity index (χ1) is 21.1. The van der Waals surface area contributed by atoms with E-state index in [0.29, 0.717) is 32.0 Å². The van der Waals surface area contributed by atoms with Crippen LogP contribution in [0.15, 0.2) is 42.7 Å². The number of hydrogen-bond acceptors (Lipinski definition) is 8. The molecule has 11 nitrogen and oxygen atoms in total. The Balaban J connectivity index is 1.19. The molecule has 0 bridgehead atoms. The molecule has 5 heterocycles. The number of amides is 2. The number of pyridine rings is 1. The number of methoxy groups -OCH3 is 1. The van der Waals surface area contributed by atoms with Crippen molar-refractivity contribution >= 4 is 28.4 Å². The van der Waals surface area contributed by atoms with Crippen LogP contribution in [0.4, 0.5) is 5.69 Å². The average Bonchev–Trinajstić information content (AvgIpc) is 3.62. The van der Waals surface area contributed by atoms with E-state index in [1.807, 2.05) is 23.2 Å². The van der Waals surface area contributed by atoms with Crippen LogP contribution >= 0.6 is 0 Å². The predicted octanol–water partition coefficient (Wildman–Crippen LogP) is 3.17. The normalized spacial score (nSPS) is 19.5. The van der Waals surface area contributed by atoms with Gasteiger partial charge in [0.05, 0.1) is 30.4 Å². The molecule has 3 fully saturated rings. The Morgan fingerprint density at radius 3 is 2.79 bits per heavy atom. The van der Waals surface area contributed by atoms with E-state index in [4.69, 9.17) is 19.6 Å². The lowest BCUT2D eigenvalue weighted by atomic mass is 10.1. The van der Waals surface area contributed by atoms with Crippen LogP contribution in [0.5, 0.6) is 5.75 Å². The molecule has 1 N–H and O–H groups in total. The first kappa shape index (κ1) is 29.4. The number of carbonyl (C=O) groups is 2. The van der Waals surface area contributed by atoms with E-state index in [1.54, 1.807) is 7.11 Å². The number of hydrogen-bond donors (Lipinski definition) is 1. The Bertz CT molecular complexity index is 1410. The van der Waals surface area contributed by atoms with Gasteiger partial charge in [0.1, 0.15) is 11.4 Å². The summed E-state index contributed by atoms with van der Waals surface area (Å²) in [5.74, 6) is 0.985. The lowest BCUT2D eigenvalue weighted by Gasteiger charge is -2.30. The highest BCUT2D eigenvalue weighted by molar-refractivity contribution is 5.94. The highest BCUT2D eigenvalue weighted by Gasteiger charge is 2.30. The van der Waals surface area contributed by atoms with Gasteiger partial charge < -0.3 is 24.6 Å². The highest BCUT2D eigenvalue weighted by atomic mass is 16.5. The molecule has 2 aromatic heterocycles. The summed E-state index contributed by atoms with van der Waals surface area (Å²) >= 11 is 0. The Labute approximate surface area is 253 Å². The van der Waals surface area contributed by atoms with Crippen LogP contribution in [0.1, 0.15) is 56.3 Å². The summed E-state index contributed by atoms with van der Waals surface area (Å²) in [5, 5.41) is 9.20. The molecule has 1 aromatic carbocycles. The van der Waals surface area contributed by atoms with Gasteiger partial charge in [0.25, 0.3) is 0 Å². The minimum atomic E-state index is -0.151. The monoisotopic (exact) mass is 589 g/mol. The summed E-state index contributed by atoms with van der Waals surface area (Å²) < 4.78 is 13.4. The fourth-order valence-corrected chi connectivity index (χ4v) is 6.68. The Morgan fingerprint density at radius 2 is 1.98 bits per heavy atom. The number of fused-ring (bicyclic) bond motifs is 1. The second kappa shape index (κ2) is 13.7. The first-order valence-electron chi connectivity index (χ1n) is 15.7. The molecule has 2 amide bonds. The summed E-state index contributed by atoms with van der Waals surface area (Å²) in [6.07, 6.45) is 8.54. The number of rotatable bonds is 10. The van der Waals surface area contributed by atoms with Crippen molar-refractivity contribution in [2.24, 2.45) is 0 Å². The molecule has 11 heteroatoms. The number of benzene rings is 1. The van der Waals surface area contributed by atoms with Gasteiger partial charge in [0.15, 0.2) is 0 Å². The molecule has 0 spiro atoms. The zero-order chi connectivity index (χ0) is 29.6. The van der Waals surface area contributed by atoms with Crippen molar-refractivity contribution in [2.45, 2.75) is 50.6 Å². The van der Waals surface area contributed by atoms with E-state index in [9.17, 15) is 9.59 Å². The molecule has 3 aliphatic rings. The van der Waals surface area contributed by atoms with E-state index in [0.717, 1.165) is 99.7 Å². The van der Waals surface area contributed by atoms with Crippen molar-refractivity contribution in [3.63, 3.8) is 0 Å². The van der Waals surface area contributed by atoms with Gasteiger partial charge in [-0.25, -0.2) is 0 Å². The van der Waals surface area contributed by atoms with Gasteiger partial charge in [0, 0.05) is 89.6 Å². The summed E-state index contributed by atoms with van der Waals surface area (Å²) in [4.78, 5) is 36.6. The molecule has 43 heavy (non-hydrogen) atoms. The molecule has 6 rings (SSSR count). The Hall–Kier alpha value is -3.70. The minimum absolute atomic E-state index is 0.0155. The van der Waals surface area contributed by atoms with Crippen molar-refractivity contribution in [3.8, 4) is 5.75 Å². The SMILES string of the molecule is COc1ccc2cccnc2c1N1CCCN(C(CC(=O)NCCN2CCCC2=O)c2ccn(C3CCOCC3)n2)CC1. The minimum Gasteiger partial charge on any atom is -0.494 e. The summed E-state index contributed by atoms with van der Waals surface area (Å²) in [5.41, 5.74) is 2.89. The topological polar surface area (TPSA) is 105 Å². The van der Waals surface area contributed by atoms with Gasteiger partial charge in [-0.2, -0.15) is 5.10 Å².